The predicted octanol–water partition coefficient (Wildman–Crippen LogP) is 4.45. The van der Waals surface area contributed by atoms with Crippen LogP contribution < -0.4 is 0 Å². The molecule has 0 fully saturated rings. The van der Waals surface area contributed by atoms with Crippen molar-refractivity contribution >= 4 is 10.8 Å². The van der Waals surface area contributed by atoms with Gasteiger partial charge >= 0.3 is 0 Å². The number of nitrogens with zero attached hydrogens (tertiary/aromatic N) is 1. The molecule has 2 heteroatoms. The van der Waals surface area contributed by atoms with Gasteiger partial charge in [0.25, 0.3) is 0 Å². The van der Waals surface area contributed by atoms with Crippen LogP contribution in [0.2, 0.25) is 0 Å². The molecule has 0 saturated heterocycles. The lowest BCUT2D eigenvalue weighted by molar-refractivity contribution is 0.473. The normalized spacial score (nSPS) is 12.0. The maximum atomic E-state index is 13.7. The van der Waals surface area contributed by atoms with Crippen molar-refractivity contribution in [3.63, 3.8) is 0 Å². The minimum Gasteiger partial charge on any atom is -0.261 e. The van der Waals surface area contributed by atoms with Crippen molar-refractivity contribution in [2.75, 3.05) is 0 Å². The molecule has 2 rings (SSSR count). The summed E-state index contributed by atoms with van der Waals surface area (Å²) in [4.78, 5) is 3.87. The maximum absolute atomic E-state index is 13.7. The van der Waals surface area contributed by atoms with E-state index < -0.39 is 0 Å². The molecule has 0 saturated carbocycles. The average Bonchev–Trinajstić information content (AvgIpc) is 2.29. The smallest absolute Gasteiger partial charge is 0.149 e. The highest BCUT2D eigenvalue weighted by Gasteiger charge is 2.19. The Balaban J connectivity index is 2.54. The van der Waals surface area contributed by atoms with E-state index in [-0.39, 0.29) is 11.2 Å². The van der Waals surface area contributed by atoms with E-state index in [9.17, 15) is 4.39 Å². The third-order valence-electron chi connectivity index (χ3n) is 3.37. The highest BCUT2D eigenvalue weighted by Crippen LogP contribution is 2.31. The van der Waals surface area contributed by atoms with E-state index >= 15 is 0 Å². The van der Waals surface area contributed by atoms with Crippen LogP contribution in [0.1, 0.15) is 39.2 Å². The molecule has 0 N–H and O–H groups in total. The number of fused-ring (bicyclic) bond motifs is 1. The van der Waals surface area contributed by atoms with Gasteiger partial charge in [0.1, 0.15) is 5.82 Å². The van der Waals surface area contributed by atoms with Crippen LogP contribution >= 0.6 is 0 Å². The standard InChI is InChI=1S/C15H18FN/c1-4-7-15(2,3)12-6-5-11-9-17-10-14(16)13(11)8-12/h5-6,8-10H,4,7H2,1-3H3. The highest BCUT2D eigenvalue weighted by molar-refractivity contribution is 5.82. The third kappa shape index (κ3) is 2.31. The number of pyridine rings is 1. The Bertz CT molecular complexity index is 531. The molecule has 1 aromatic carbocycles. The maximum Gasteiger partial charge on any atom is 0.149 e. The van der Waals surface area contributed by atoms with Crippen LogP contribution in [0.3, 0.4) is 0 Å². The van der Waals surface area contributed by atoms with Crippen LogP contribution in [0.4, 0.5) is 4.39 Å². The first-order chi connectivity index (χ1) is 8.04. The summed E-state index contributed by atoms with van der Waals surface area (Å²) in [6.07, 6.45) is 5.21. The second-order valence-corrected chi connectivity index (χ2v) is 5.19. The van der Waals surface area contributed by atoms with Gasteiger partial charge in [-0.25, -0.2) is 4.39 Å². The van der Waals surface area contributed by atoms with Crippen LogP contribution in [-0.2, 0) is 5.41 Å². The fraction of sp³-hybridized carbons (Fsp3) is 0.400. The van der Waals surface area contributed by atoms with Crippen molar-refractivity contribution in [3.05, 3.63) is 42.0 Å². The summed E-state index contributed by atoms with van der Waals surface area (Å²) < 4.78 is 13.7. The number of benzene rings is 1. The Morgan fingerprint density at radius 3 is 2.71 bits per heavy atom. The van der Waals surface area contributed by atoms with Gasteiger partial charge in [-0.2, -0.15) is 0 Å². The predicted molar refractivity (Wildman–Crippen MR) is 69.6 cm³/mol. The van der Waals surface area contributed by atoms with Gasteiger partial charge in [0.05, 0.1) is 6.20 Å². The largest absolute Gasteiger partial charge is 0.261 e. The van der Waals surface area contributed by atoms with Crippen molar-refractivity contribution in [2.24, 2.45) is 0 Å². The molecule has 0 aliphatic carbocycles. The zero-order valence-electron chi connectivity index (χ0n) is 10.6. The zero-order valence-corrected chi connectivity index (χ0v) is 10.6. The molecule has 0 bridgehead atoms. The molecule has 1 heterocycles. The fourth-order valence-corrected chi connectivity index (χ4v) is 2.32. The molecule has 2 aromatic rings. The highest BCUT2D eigenvalue weighted by atomic mass is 19.1. The summed E-state index contributed by atoms with van der Waals surface area (Å²) in [7, 11) is 0. The first kappa shape index (κ1) is 12.0. The van der Waals surface area contributed by atoms with Crippen molar-refractivity contribution in [1.82, 2.24) is 4.98 Å². The number of rotatable bonds is 3. The summed E-state index contributed by atoms with van der Waals surface area (Å²) in [6, 6.07) is 6.00. The van der Waals surface area contributed by atoms with Crippen LogP contribution in [0.25, 0.3) is 10.8 Å². The minimum absolute atomic E-state index is 0.0959. The second kappa shape index (κ2) is 4.44. The topological polar surface area (TPSA) is 12.9 Å². The molecule has 0 aliphatic heterocycles. The van der Waals surface area contributed by atoms with Gasteiger partial charge in [0.15, 0.2) is 0 Å². The second-order valence-electron chi connectivity index (χ2n) is 5.19. The Morgan fingerprint density at radius 1 is 1.24 bits per heavy atom. The van der Waals surface area contributed by atoms with Gasteiger partial charge in [0.2, 0.25) is 0 Å². The van der Waals surface area contributed by atoms with Crippen molar-refractivity contribution in [3.8, 4) is 0 Å². The SMILES string of the molecule is CCCC(C)(C)c1ccc2cncc(F)c2c1. The van der Waals surface area contributed by atoms with Gasteiger partial charge in [-0.05, 0) is 23.5 Å². The van der Waals surface area contributed by atoms with Crippen LogP contribution in [0, 0.1) is 5.82 Å². The van der Waals surface area contributed by atoms with E-state index in [2.05, 4.69) is 31.8 Å². The van der Waals surface area contributed by atoms with E-state index in [1.54, 1.807) is 6.20 Å². The lowest BCUT2D eigenvalue weighted by Crippen LogP contribution is -2.16. The summed E-state index contributed by atoms with van der Waals surface area (Å²) in [5.41, 5.74) is 1.29. The minimum atomic E-state index is -0.239. The van der Waals surface area contributed by atoms with Crippen molar-refractivity contribution in [1.29, 1.82) is 0 Å². The number of aromatic nitrogens is 1. The Kier molecular flexibility index (Phi) is 3.14. The first-order valence-corrected chi connectivity index (χ1v) is 6.08. The number of hydrogen-bond acceptors (Lipinski definition) is 1. The summed E-state index contributed by atoms with van der Waals surface area (Å²) in [5.74, 6) is -0.239. The number of halogens is 1. The van der Waals surface area contributed by atoms with Crippen molar-refractivity contribution in [2.45, 2.75) is 39.0 Å². The lowest BCUT2D eigenvalue weighted by atomic mass is 9.80. The quantitative estimate of drug-likeness (QED) is 0.760. The average molecular weight is 231 g/mol. The van der Waals surface area contributed by atoms with Gasteiger partial charge < -0.3 is 0 Å². The van der Waals surface area contributed by atoms with Gasteiger partial charge in [0, 0.05) is 17.0 Å². The van der Waals surface area contributed by atoms with Crippen molar-refractivity contribution < 1.29 is 4.39 Å². The first-order valence-electron chi connectivity index (χ1n) is 6.08. The number of hydrogen-bond donors (Lipinski definition) is 0. The molecule has 0 amide bonds. The van der Waals surface area contributed by atoms with E-state index in [1.165, 1.54) is 11.8 Å². The molecule has 0 unspecified atom stereocenters. The summed E-state index contributed by atoms with van der Waals surface area (Å²) in [5, 5.41) is 1.53. The van der Waals surface area contributed by atoms with Crippen LogP contribution in [0.15, 0.2) is 30.6 Å². The van der Waals surface area contributed by atoms with Gasteiger partial charge in [-0.1, -0.05) is 39.3 Å². The van der Waals surface area contributed by atoms with E-state index in [0.29, 0.717) is 5.39 Å². The molecular formula is C15H18FN. The Hall–Kier alpha value is -1.44. The van der Waals surface area contributed by atoms with E-state index in [1.807, 2.05) is 12.1 Å². The summed E-state index contributed by atoms with van der Waals surface area (Å²) in [6.45, 7) is 6.58. The molecule has 17 heavy (non-hydrogen) atoms. The summed E-state index contributed by atoms with van der Waals surface area (Å²) >= 11 is 0. The lowest BCUT2D eigenvalue weighted by Gasteiger charge is -2.25. The Labute approximate surface area is 102 Å². The molecule has 0 spiro atoms. The van der Waals surface area contributed by atoms with E-state index in [4.69, 9.17) is 0 Å². The fourth-order valence-electron chi connectivity index (χ4n) is 2.32. The molecule has 1 nitrogen and oxygen atoms in total. The monoisotopic (exact) mass is 231 g/mol. The molecule has 0 radical (unpaired) electrons. The zero-order chi connectivity index (χ0) is 12.5. The third-order valence-corrected chi connectivity index (χ3v) is 3.37. The van der Waals surface area contributed by atoms with Gasteiger partial charge in [-0.15, -0.1) is 0 Å². The Morgan fingerprint density at radius 2 is 2.00 bits per heavy atom. The van der Waals surface area contributed by atoms with Crippen LogP contribution in [0.5, 0.6) is 0 Å². The van der Waals surface area contributed by atoms with Gasteiger partial charge in [-0.3, -0.25) is 4.98 Å². The van der Waals surface area contributed by atoms with Crippen LogP contribution in [-0.4, -0.2) is 4.98 Å². The molecule has 0 atom stereocenters. The molecule has 0 aliphatic rings. The molecular weight excluding hydrogens is 213 g/mol. The molecule has 90 valence electrons. The molecule has 1 aromatic heterocycles. The van der Waals surface area contributed by atoms with E-state index in [0.717, 1.165) is 18.2 Å².